The molecule has 0 saturated heterocycles. The lowest BCUT2D eigenvalue weighted by Gasteiger charge is -2.10. The Balaban J connectivity index is 1.47. The van der Waals surface area contributed by atoms with E-state index in [9.17, 15) is 9.59 Å². The van der Waals surface area contributed by atoms with Gasteiger partial charge in [-0.1, -0.05) is 38.1 Å². The molecule has 3 aromatic rings. The second-order valence-electron chi connectivity index (χ2n) is 6.44. The first-order valence-corrected chi connectivity index (χ1v) is 9.97. The summed E-state index contributed by atoms with van der Waals surface area (Å²) in [6.07, 6.45) is 3.94. The van der Waals surface area contributed by atoms with Crippen molar-refractivity contribution in [2.45, 2.75) is 26.2 Å². The number of anilines is 1. The largest absolute Gasteiger partial charge is 0.452 e. The minimum atomic E-state index is -0.582. The van der Waals surface area contributed by atoms with E-state index in [1.807, 2.05) is 48.5 Å². The quantitative estimate of drug-likeness (QED) is 0.452. The Morgan fingerprint density at radius 3 is 2.64 bits per heavy atom. The molecule has 1 N–H and O–H groups in total. The monoisotopic (exact) mass is 394 g/mol. The van der Waals surface area contributed by atoms with Crippen LogP contribution in [-0.4, -0.2) is 23.5 Å². The van der Waals surface area contributed by atoms with Crippen molar-refractivity contribution in [3.05, 3.63) is 65.2 Å². The van der Waals surface area contributed by atoms with Gasteiger partial charge in [0.15, 0.2) is 6.61 Å². The fraction of sp³-hybridized carbons (Fsp3) is 0.227. The number of benzene rings is 2. The van der Waals surface area contributed by atoms with Crippen LogP contribution in [0, 0.1) is 0 Å². The van der Waals surface area contributed by atoms with E-state index < -0.39 is 5.97 Å². The van der Waals surface area contributed by atoms with Crippen molar-refractivity contribution in [2.75, 3.05) is 11.9 Å². The van der Waals surface area contributed by atoms with Crippen LogP contribution in [0.1, 0.15) is 36.8 Å². The topological polar surface area (TPSA) is 68.3 Å². The Morgan fingerprint density at radius 1 is 1.18 bits per heavy atom. The molecule has 0 bridgehead atoms. The zero-order valence-electron chi connectivity index (χ0n) is 15.8. The number of esters is 1. The third kappa shape index (κ3) is 5.27. The molecule has 5 nitrogen and oxygen atoms in total. The summed E-state index contributed by atoms with van der Waals surface area (Å²) in [7, 11) is 0. The minimum Gasteiger partial charge on any atom is -0.452 e. The Bertz CT molecular complexity index is 959. The Hall–Kier alpha value is -2.99. The zero-order valence-corrected chi connectivity index (χ0v) is 16.7. The third-order valence-corrected chi connectivity index (χ3v) is 5.40. The van der Waals surface area contributed by atoms with Gasteiger partial charge in [0.1, 0.15) is 5.01 Å². The van der Waals surface area contributed by atoms with Crippen molar-refractivity contribution in [1.29, 1.82) is 0 Å². The van der Waals surface area contributed by atoms with Crippen LogP contribution < -0.4 is 5.32 Å². The molecule has 0 fully saturated rings. The van der Waals surface area contributed by atoms with E-state index in [0.29, 0.717) is 16.6 Å². The molecule has 0 unspecified atom stereocenters. The fourth-order valence-corrected chi connectivity index (χ4v) is 3.48. The predicted octanol–water partition coefficient (Wildman–Crippen LogP) is 5.00. The van der Waals surface area contributed by atoms with E-state index in [1.54, 1.807) is 6.08 Å². The number of amides is 1. The molecule has 28 heavy (non-hydrogen) atoms. The van der Waals surface area contributed by atoms with Gasteiger partial charge in [-0.2, -0.15) is 0 Å². The van der Waals surface area contributed by atoms with E-state index in [-0.39, 0.29) is 12.5 Å². The lowest BCUT2D eigenvalue weighted by atomic mass is 9.99. The van der Waals surface area contributed by atoms with Crippen LogP contribution >= 0.6 is 11.3 Å². The highest BCUT2D eigenvalue weighted by Crippen LogP contribution is 2.22. The van der Waals surface area contributed by atoms with Gasteiger partial charge in [0.05, 0.1) is 10.2 Å². The van der Waals surface area contributed by atoms with Crippen LogP contribution in [0.3, 0.4) is 0 Å². The van der Waals surface area contributed by atoms with Gasteiger partial charge >= 0.3 is 5.97 Å². The summed E-state index contributed by atoms with van der Waals surface area (Å²) < 4.78 is 6.04. The van der Waals surface area contributed by atoms with Gasteiger partial charge in [-0.25, -0.2) is 9.78 Å². The summed E-state index contributed by atoms with van der Waals surface area (Å²) in [6.45, 7) is 3.96. The Kier molecular flexibility index (Phi) is 6.55. The summed E-state index contributed by atoms with van der Waals surface area (Å²) in [4.78, 5) is 28.2. The maximum Gasteiger partial charge on any atom is 0.331 e. The summed E-state index contributed by atoms with van der Waals surface area (Å²) in [6, 6.07) is 15.5. The SMILES string of the molecule is CC[C@H](C)c1ccc(NC(=O)COC(=O)/C=C/c2nc3ccccc3s2)cc1. The van der Waals surface area contributed by atoms with Crippen molar-refractivity contribution < 1.29 is 14.3 Å². The summed E-state index contributed by atoms with van der Waals surface area (Å²) in [5.74, 6) is -0.479. The van der Waals surface area contributed by atoms with Gasteiger partial charge in [0.2, 0.25) is 0 Å². The maximum absolute atomic E-state index is 12.0. The Labute approximate surface area is 168 Å². The van der Waals surface area contributed by atoms with E-state index in [4.69, 9.17) is 4.74 Å². The number of nitrogens with zero attached hydrogens (tertiary/aromatic N) is 1. The number of rotatable bonds is 7. The smallest absolute Gasteiger partial charge is 0.331 e. The molecule has 1 aromatic heterocycles. The van der Waals surface area contributed by atoms with Crippen molar-refractivity contribution in [3.63, 3.8) is 0 Å². The normalized spacial score (nSPS) is 12.2. The lowest BCUT2D eigenvalue weighted by Crippen LogP contribution is -2.20. The van der Waals surface area contributed by atoms with Gasteiger partial charge in [-0.3, -0.25) is 4.79 Å². The first-order chi connectivity index (χ1) is 13.5. The molecule has 1 amide bonds. The average Bonchev–Trinajstić information content (AvgIpc) is 3.13. The number of thiazole rings is 1. The molecule has 1 atom stereocenters. The predicted molar refractivity (Wildman–Crippen MR) is 113 cm³/mol. The number of aromatic nitrogens is 1. The number of hydrogen-bond acceptors (Lipinski definition) is 5. The first-order valence-electron chi connectivity index (χ1n) is 9.15. The number of ether oxygens (including phenoxy) is 1. The molecular weight excluding hydrogens is 372 g/mol. The summed E-state index contributed by atoms with van der Waals surface area (Å²) in [5.41, 5.74) is 2.80. The van der Waals surface area contributed by atoms with Crippen LogP contribution in [0.25, 0.3) is 16.3 Å². The molecule has 0 aliphatic rings. The number of nitrogens with one attached hydrogen (secondary N) is 1. The molecule has 144 valence electrons. The molecule has 0 aliphatic carbocycles. The fourth-order valence-electron chi connectivity index (χ4n) is 2.61. The number of fused-ring (bicyclic) bond motifs is 1. The van der Waals surface area contributed by atoms with Gasteiger partial charge in [-0.15, -0.1) is 11.3 Å². The van der Waals surface area contributed by atoms with Crippen LogP contribution in [0.2, 0.25) is 0 Å². The van der Waals surface area contributed by atoms with Gasteiger partial charge < -0.3 is 10.1 Å². The molecule has 0 spiro atoms. The average molecular weight is 394 g/mol. The highest BCUT2D eigenvalue weighted by Gasteiger charge is 2.08. The van der Waals surface area contributed by atoms with Crippen LogP contribution in [0.15, 0.2) is 54.6 Å². The van der Waals surface area contributed by atoms with Crippen molar-refractivity contribution in [1.82, 2.24) is 4.98 Å². The summed E-state index contributed by atoms with van der Waals surface area (Å²) >= 11 is 1.49. The van der Waals surface area contributed by atoms with Crippen LogP contribution in [0.5, 0.6) is 0 Å². The third-order valence-electron chi connectivity index (χ3n) is 4.39. The minimum absolute atomic E-state index is 0.337. The van der Waals surface area contributed by atoms with Crippen LogP contribution in [-0.2, 0) is 14.3 Å². The molecule has 0 radical (unpaired) electrons. The molecule has 1 heterocycles. The number of para-hydroxylation sites is 1. The highest BCUT2D eigenvalue weighted by molar-refractivity contribution is 7.19. The molecule has 3 rings (SSSR count). The number of carbonyl (C=O) groups is 2. The number of hydrogen-bond donors (Lipinski definition) is 1. The molecule has 0 saturated carbocycles. The molecule has 2 aromatic carbocycles. The summed E-state index contributed by atoms with van der Waals surface area (Å²) in [5, 5.41) is 3.43. The van der Waals surface area contributed by atoms with Crippen molar-refractivity contribution >= 4 is 45.2 Å². The van der Waals surface area contributed by atoms with Crippen LogP contribution in [0.4, 0.5) is 5.69 Å². The van der Waals surface area contributed by atoms with E-state index in [1.165, 1.54) is 23.0 Å². The van der Waals surface area contributed by atoms with Crippen molar-refractivity contribution in [2.24, 2.45) is 0 Å². The lowest BCUT2D eigenvalue weighted by molar-refractivity contribution is -0.142. The maximum atomic E-state index is 12.0. The van der Waals surface area contributed by atoms with E-state index >= 15 is 0 Å². The second-order valence-corrected chi connectivity index (χ2v) is 7.50. The van der Waals surface area contributed by atoms with Gasteiger partial charge in [-0.05, 0) is 48.2 Å². The first kappa shape index (κ1) is 19.8. The Morgan fingerprint density at radius 2 is 1.93 bits per heavy atom. The molecule has 0 aliphatic heterocycles. The molecule has 6 heteroatoms. The second kappa shape index (κ2) is 9.28. The van der Waals surface area contributed by atoms with Gasteiger partial charge in [0, 0.05) is 11.8 Å². The van der Waals surface area contributed by atoms with Gasteiger partial charge in [0.25, 0.3) is 5.91 Å². The molecular formula is C22H22N2O3S. The standard InChI is InChI=1S/C22H22N2O3S/c1-3-15(2)16-8-10-17(11-9-16)23-20(25)14-27-22(26)13-12-21-24-18-6-4-5-7-19(18)28-21/h4-13,15H,3,14H2,1-2H3,(H,23,25)/b13-12+/t15-/m0/s1. The number of carbonyl (C=O) groups excluding carboxylic acids is 2. The highest BCUT2D eigenvalue weighted by atomic mass is 32.1. The van der Waals surface area contributed by atoms with E-state index in [0.717, 1.165) is 16.6 Å². The zero-order chi connectivity index (χ0) is 19.9. The van der Waals surface area contributed by atoms with Crippen molar-refractivity contribution in [3.8, 4) is 0 Å². The van der Waals surface area contributed by atoms with E-state index in [2.05, 4.69) is 24.1 Å².